The van der Waals surface area contributed by atoms with E-state index in [4.69, 9.17) is 9.47 Å². The molecule has 0 bridgehead atoms. The van der Waals surface area contributed by atoms with Crippen molar-refractivity contribution in [2.75, 3.05) is 33.4 Å². The summed E-state index contributed by atoms with van der Waals surface area (Å²) < 4.78 is 10.8. The molecule has 3 unspecified atom stereocenters. The van der Waals surface area contributed by atoms with E-state index in [0.29, 0.717) is 18.7 Å². The lowest BCUT2D eigenvalue weighted by Gasteiger charge is -2.46. The Bertz CT molecular complexity index is 337. The topological polar surface area (TPSA) is 50.8 Å². The molecule has 0 aromatic heterocycles. The van der Waals surface area contributed by atoms with Crippen LogP contribution >= 0.6 is 0 Å². The molecule has 0 radical (unpaired) electrons. The fraction of sp³-hybridized carbons (Fsp3) is 0.933. The van der Waals surface area contributed by atoms with Crippen molar-refractivity contribution in [3.05, 3.63) is 0 Å². The molecule has 116 valence electrons. The van der Waals surface area contributed by atoms with E-state index in [-0.39, 0.29) is 5.97 Å². The van der Waals surface area contributed by atoms with Gasteiger partial charge in [0.2, 0.25) is 0 Å². The van der Waals surface area contributed by atoms with Crippen LogP contribution in [0.5, 0.6) is 0 Å². The number of carbonyl (C=O) groups excluding carboxylic acids is 1. The fourth-order valence-corrected chi connectivity index (χ4v) is 3.60. The average Bonchev–Trinajstić information content (AvgIpc) is 2.48. The molecule has 2 rings (SSSR count). The van der Waals surface area contributed by atoms with Crippen LogP contribution in [0.2, 0.25) is 0 Å². The van der Waals surface area contributed by atoms with Crippen molar-refractivity contribution >= 4 is 5.97 Å². The zero-order valence-electron chi connectivity index (χ0n) is 13.0. The molecule has 1 aliphatic carbocycles. The second-order valence-corrected chi connectivity index (χ2v) is 5.96. The van der Waals surface area contributed by atoms with Crippen LogP contribution in [0.25, 0.3) is 0 Å². The van der Waals surface area contributed by atoms with Crippen LogP contribution in [0.15, 0.2) is 0 Å². The molecule has 1 N–H and O–H groups in total. The van der Waals surface area contributed by atoms with E-state index in [0.717, 1.165) is 45.4 Å². The third-order valence-electron chi connectivity index (χ3n) is 4.76. The quantitative estimate of drug-likeness (QED) is 0.785. The van der Waals surface area contributed by atoms with Gasteiger partial charge in [0, 0.05) is 18.6 Å². The van der Waals surface area contributed by atoms with Crippen LogP contribution in [0.4, 0.5) is 0 Å². The number of ether oxygens (including phenoxy) is 2. The van der Waals surface area contributed by atoms with Gasteiger partial charge >= 0.3 is 5.97 Å². The van der Waals surface area contributed by atoms with E-state index in [1.165, 1.54) is 0 Å². The number of esters is 1. The molecule has 0 amide bonds. The zero-order chi connectivity index (χ0) is 14.6. The van der Waals surface area contributed by atoms with E-state index in [2.05, 4.69) is 17.1 Å². The third-order valence-corrected chi connectivity index (χ3v) is 4.76. The SMILES string of the molecule is CCOC(=O)C1(NC)CCCC(N2CCOCC2C)C1. The highest BCUT2D eigenvalue weighted by atomic mass is 16.5. The van der Waals surface area contributed by atoms with Gasteiger partial charge in [-0.1, -0.05) is 0 Å². The smallest absolute Gasteiger partial charge is 0.326 e. The van der Waals surface area contributed by atoms with Gasteiger partial charge in [-0.15, -0.1) is 0 Å². The first-order chi connectivity index (χ1) is 9.63. The number of morpholine rings is 1. The summed E-state index contributed by atoms with van der Waals surface area (Å²) >= 11 is 0. The van der Waals surface area contributed by atoms with E-state index < -0.39 is 5.54 Å². The summed E-state index contributed by atoms with van der Waals surface area (Å²) in [4.78, 5) is 14.8. The molecule has 0 spiro atoms. The van der Waals surface area contributed by atoms with Crippen molar-refractivity contribution in [3.63, 3.8) is 0 Å². The zero-order valence-corrected chi connectivity index (χ0v) is 13.0. The molecule has 0 aromatic rings. The van der Waals surface area contributed by atoms with Gasteiger partial charge in [-0.2, -0.15) is 0 Å². The standard InChI is InChI=1S/C15H28N2O3/c1-4-20-14(18)15(16-3)7-5-6-13(10-15)17-8-9-19-11-12(17)2/h12-13,16H,4-11H2,1-3H3. The molecular weight excluding hydrogens is 256 g/mol. The van der Waals surface area contributed by atoms with Crippen molar-refractivity contribution in [2.45, 2.75) is 57.2 Å². The number of rotatable bonds is 4. The minimum atomic E-state index is -0.503. The van der Waals surface area contributed by atoms with Crippen molar-refractivity contribution in [1.29, 1.82) is 0 Å². The van der Waals surface area contributed by atoms with Gasteiger partial charge in [0.1, 0.15) is 5.54 Å². The summed E-state index contributed by atoms with van der Waals surface area (Å²) in [5.41, 5.74) is -0.503. The summed E-state index contributed by atoms with van der Waals surface area (Å²) in [5.74, 6) is -0.0897. The maximum absolute atomic E-state index is 12.3. The van der Waals surface area contributed by atoms with Crippen LogP contribution in [0.3, 0.4) is 0 Å². The van der Waals surface area contributed by atoms with Crippen LogP contribution in [-0.4, -0.2) is 61.9 Å². The summed E-state index contributed by atoms with van der Waals surface area (Å²) in [6.07, 6.45) is 3.94. The summed E-state index contributed by atoms with van der Waals surface area (Å²) in [5, 5.41) is 3.25. The lowest BCUT2D eigenvalue weighted by atomic mass is 9.78. The number of hydrogen-bond acceptors (Lipinski definition) is 5. The minimum Gasteiger partial charge on any atom is -0.465 e. The van der Waals surface area contributed by atoms with E-state index in [1.807, 2.05) is 14.0 Å². The van der Waals surface area contributed by atoms with Gasteiger partial charge in [0.25, 0.3) is 0 Å². The van der Waals surface area contributed by atoms with Gasteiger partial charge in [-0.3, -0.25) is 9.69 Å². The lowest BCUT2D eigenvalue weighted by molar-refractivity contribution is -0.154. The summed E-state index contributed by atoms with van der Waals surface area (Å²) in [7, 11) is 1.88. The minimum absolute atomic E-state index is 0.0897. The van der Waals surface area contributed by atoms with Crippen molar-refractivity contribution < 1.29 is 14.3 Å². The van der Waals surface area contributed by atoms with E-state index in [9.17, 15) is 4.79 Å². The first kappa shape index (κ1) is 15.7. The summed E-state index contributed by atoms with van der Waals surface area (Å²) in [6.45, 7) is 7.08. The average molecular weight is 284 g/mol. The van der Waals surface area contributed by atoms with Gasteiger partial charge in [-0.25, -0.2) is 0 Å². The van der Waals surface area contributed by atoms with Crippen LogP contribution in [-0.2, 0) is 14.3 Å². The first-order valence-corrected chi connectivity index (χ1v) is 7.82. The fourth-order valence-electron chi connectivity index (χ4n) is 3.60. The molecule has 3 atom stereocenters. The summed E-state index contributed by atoms with van der Waals surface area (Å²) in [6, 6.07) is 0.878. The second-order valence-electron chi connectivity index (χ2n) is 5.96. The number of carbonyl (C=O) groups is 1. The first-order valence-electron chi connectivity index (χ1n) is 7.82. The number of nitrogens with zero attached hydrogens (tertiary/aromatic N) is 1. The molecule has 2 aliphatic rings. The maximum atomic E-state index is 12.3. The Kier molecular flexibility index (Phi) is 5.41. The second kappa shape index (κ2) is 6.87. The predicted molar refractivity (Wildman–Crippen MR) is 77.7 cm³/mol. The Morgan fingerprint density at radius 3 is 3.00 bits per heavy atom. The largest absolute Gasteiger partial charge is 0.465 e. The normalized spacial score (nSPS) is 35.8. The van der Waals surface area contributed by atoms with E-state index in [1.54, 1.807) is 0 Å². The van der Waals surface area contributed by atoms with Gasteiger partial charge < -0.3 is 14.8 Å². The number of nitrogens with one attached hydrogen (secondary N) is 1. The lowest BCUT2D eigenvalue weighted by Crippen LogP contribution is -2.60. The highest BCUT2D eigenvalue weighted by molar-refractivity contribution is 5.81. The molecule has 2 fully saturated rings. The third kappa shape index (κ3) is 3.15. The predicted octanol–water partition coefficient (Wildman–Crippen LogP) is 1.17. The highest BCUT2D eigenvalue weighted by Crippen LogP contribution is 2.33. The molecule has 1 aliphatic heterocycles. The van der Waals surface area contributed by atoms with E-state index >= 15 is 0 Å². The highest BCUT2D eigenvalue weighted by Gasteiger charge is 2.45. The molecule has 20 heavy (non-hydrogen) atoms. The number of hydrogen-bond donors (Lipinski definition) is 1. The Morgan fingerprint density at radius 2 is 2.35 bits per heavy atom. The van der Waals surface area contributed by atoms with Crippen molar-refractivity contribution in [1.82, 2.24) is 10.2 Å². The Morgan fingerprint density at radius 1 is 1.55 bits per heavy atom. The van der Waals surface area contributed by atoms with Gasteiger partial charge in [-0.05, 0) is 46.6 Å². The maximum Gasteiger partial charge on any atom is 0.326 e. The van der Waals surface area contributed by atoms with Crippen LogP contribution in [0.1, 0.15) is 39.5 Å². The molecule has 5 heteroatoms. The van der Waals surface area contributed by atoms with Crippen LogP contribution in [0, 0.1) is 0 Å². The van der Waals surface area contributed by atoms with Crippen molar-refractivity contribution in [2.24, 2.45) is 0 Å². The molecule has 1 saturated heterocycles. The van der Waals surface area contributed by atoms with Crippen molar-refractivity contribution in [3.8, 4) is 0 Å². The Balaban J connectivity index is 2.07. The molecule has 1 saturated carbocycles. The molecule has 5 nitrogen and oxygen atoms in total. The number of likely N-dealkylation sites (N-methyl/N-ethyl adjacent to an activating group) is 1. The molecular formula is C15H28N2O3. The monoisotopic (exact) mass is 284 g/mol. The van der Waals surface area contributed by atoms with Gasteiger partial charge in [0.05, 0.1) is 19.8 Å². The Labute approximate surface area is 122 Å². The Hall–Kier alpha value is -0.650. The van der Waals surface area contributed by atoms with Crippen LogP contribution < -0.4 is 5.32 Å². The molecule has 1 heterocycles. The molecule has 0 aromatic carbocycles. The van der Waals surface area contributed by atoms with Gasteiger partial charge in [0.15, 0.2) is 0 Å².